The number of thioether (sulfide) groups is 1. The third kappa shape index (κ3) is 4.90. The summed E-state index contributed by atoms with van der Waals surface area (Å²) in [5.41, 5.74) is 1.57. The van der Waals surface area contributed by atoms with Crippen LogP contribution in [0.5, 0.6) is 0 Å². The van der Waals surface area contributed by atoms with E-state index in [0.717, 1.165) is 11.4 Å². The lowest BCUT2D eigenvalue weighted by molar-refractivity contribution is -0.112. The standard InChI is InChI=1S/C18H17N3OS/c1-2-23-18(21-15-11-7-4-8-12-15)16(13-19)17(22)20-14-9-5-3-6-10-14/h3-12,21H,2H2,1H3,(H,20,22)/b18-16+. The van der Waals surface area contributed by atoms with E-state index < -0.39 is 5.91 Å². The molecule has 4 nitrogen and oxygen atoms in total. The third-order valence-corrected chi connectivity index (χ3v) is 3.80. The van der Waals surface area contributed by atoms with E-state index in [4.69, 9.17) is 0 Å². The van der Waals surface area contributed by atoms with Gasteiger partial charge >= 0.3 is 0 Å². The SMILES string of the molecule is CCS/C(Nc1ccccc1)=C(\C#N)C(=O)Nc1ccccc1. The maximum absolute atomic E-state index is 12.4. The number of para-hydroxylation sites is 2. The highest BCUT2D eigenvalue weighted by Gasteiger charge is 2.16. The van der Waals surface area contributed by atoms with E-state index in [1.165, 1.54) is 11.8 Å². The Morgan fingerprint density at radius 2 is 1.52 bits per heavy atom. The minimum atomic E-state index is -0.418. The molecule has 0 saturated heterocycles. The lowest BCUT2D eigenvalue weighted by Gasteiger charge is -2.12. The van der Waals surface area contributed by atoms with Gasteiger partial charge < -0.3 is 10.6 Å². The zero-order valence-electron chi connectivity index (χ0n) is 12.7. The van der Waals surface area contributed by atoms with Crippen molar-refractivity contribution in [3.05, 3.63) is 71.3 Å². The summed E-state index contributed by atoms with van der Waals surface area (Å²) < 4.78 is 0. The Bertz CT molecular complexity index is 721. The van der Waals surface area contributed by atoms with Crippen LogP contribution in [0.1, 0.15) is 6.92 Å². The van der Waals surface area contributed by atoms with Crippen LogP contribution in [0.15, 0.2) is 71.3 Å². The van der Waals surface area contributed by atoms with Crippen molar-refractivity contribution >= 4 is 29.0 Å². The van der Waals surface area contributed by atoms with Crippen LogP contribution in [0, 0.1) is 11.3 Å². The van der Waals surface area contributed by atoms with Gasteiger partial charge in [-0.05, 0) is 30.0 Å². The molecule has 2 rings (SSSR count). The van der Waals surface area contributed by atoms with Gasteiger partial charge in [0.25, 0.3) is 5.91 Å². The van der Waals surface area contributed by atoms with Crippen LogP contribution in [-0.2, 0) is 4.79 Å². The number of amides is 1. The second-order valence-electron chi connectivity index (χ2n) is 4.56. The van der Waals surface area contributed by atoms with Crippen molar-refractivity contribution in [3.63, 3.8) is 0 Å². The van der Waals surface area contributed by atoms with E-state index >= 15 is 0 Å². The Kier molecular flexibility index (Phi) is 6.28. The monoisotopic (exact) mass is 323 g/mol. The van der Waals surface area contributed by atoms with E-state index in [1.807, 2.05) is 61.5 Å². The minimum Gasteiger partial charge on any atom is -0.349 e. The number of rotatable bonds is 6. The van der Waals surface area contributed by atoms with Gasteiger partial charge in [0.1, 0.15) is 11.6 Å². The van der Waals surface area contributed by atoms with Crippen LogP contribution >= 0.6 is 11.8 Å². The molecule has 0 aliphatic carbocycles. The topological polar surface area (TPSA) is 64.9 Å². The van der Waals surface area contributed by atoms with E-state index in [-0.39, 0.29) is 5.57 Å². The molecule has 2 aromatic carbocycles. The van der Waals surface area contributed by atoms with Crippen molar-refractivity contribution < 1.29 is 4.79 Å². The number of carbonyl (C=O) groups excluding carboxylic acids is 1. The molecule has 2 aromatic rings. The van der Waals surface area contributed by atoms with Crippen molar-refractivity contribution in [2.75, 3.05) is 16.4 Å². The molecule has 0 heterocycles. The molecule has 0 bridgehead atoms. The van der Waals surface area contributed by atoms with Crippen molar-refractivity contribution in [2.45, 2.75) is 6.92 Å². The van der Waals surface area contributed by atoms with Crippen LogP contribution in [0.4, 0.5) is 11.4 Å². The Balaban J connectivity index is 2.25. The number of nitrogens with zero attached hydrogens (tertiary/aromatic N) is 1. The summed E-state index contributed by atoms with van der Waals surface area (Å²) in [6.45, 7) is 1.97. The van der Waals surface area contributed by atoms with Crippen LogP contribution in [0.25, 0.3) is 0 Å². The summed E-state index contributed by atoms with van der Waals surface area (Å²) >= 11 is 1.43. The fourth-order valence-corrected chi connectivity index (χ4v) is 2.65. The van der Waals surface area contributed by atoms with Crippen LogP contribution in [0.2, 0.25) is 0 Å². The number of hydrogen-bond acceptors (Lipinski definition) is 4. The first kappa shape index (κ1) is 16.7. The number of nitrogens with one attached hydrogen (secondary N) is 2. The van der Waals surface area contributed by atoms with Crippen LogP contribution < -0.4 is 10.6 Å². The summed E-state index contributed by atoms with van der Waals surface area (Å²) in [5, 5.41) is 15.9. The van der Waals surface area contributed by atoms with Gasteiger partial charge in [-0.3, -0.25) is 4.79 Å². The molecular formula is C18H17N3OS. The van der Waals surface area contributed by atoms with E-state index in [0.29, 0.717) is 10.7 Å². The minimum absolute atomic E-state index is 0.0737. The average molecular weight is 323 g/mol. The van der Waals surface area contributed by atoms with Crippen molar-refractivity contribution in [1.82, 2.24) is 0 Å². The second kappa shape index (κ2) is 8.66. The number of hydrogen-bond donors (Lipinski definition) is 2. The number of anilines is 2. The molecule has 0 radical (unpaired) electrons. The summed E-state index contributed by atoms with van der Waals surface area (Å²) in [7, 11) is 0. The van der Waals surface area contributed by atoms with Gasteiger partial charge in [-0.1, -0.05) is 43.3 Å². The first-order valence-electron chi connectivity index (χ1n) is 7.20. The summed E-state index contributed by atoms with van der Waals surface area (Å²) in [6, 6.07) is 20.6. The maximum Gasteiger partial charge on any atom is 0.269 e. The summed E-state index contributed by atoms with van der Waals surface area (Å²) in [5.74, 6) is 0.331. The van der Waals surface area contributed by atoms with E-state index in [2.05, 4.69) is 10.6 Å². The quantitative estimate of drug-likeness (QED) is 0.617. The van der Waals surface area contributed by atoms with Gasteiger partial charge in [0.05, 0.1) is 5.03 Å². The predicted molar refractivity (Wildman–Crippen MR) is 95.9 cm³/mol. The lowest BCUT2D eigenvalue weighted by Crippen LogP contribution is -2.17. The van der Waals surface area contributed by atoms with Crippen LogP contribution in [-0.4, -0.2) is 11.7 Å². The highest BCUT2D eigenvalue weighted by Crippen LogP contribution is 2.23. The van der Waals surface area contributed by atoms with Gasteiger partial charge in [0, 0.05) is 11.4 Å². The largest absolute Gasteiger partial charge is 0.349 e. The zero-order valence-corrected chi connectivity index (χ0v) is 13.6. The molecule has 0 aromatic heterocycles. The Morgan fingerprint density at radius 1 is 1.00 bits per heavy atom. The molecule has 0 fully saturated rings. The van der Waals surface area contributed by atoms with Gasteiger partial charge in [0.2, 0.25) is 0 Å². The molecule has 0 spiro atoms. The number of nitriles is 1. The number of benzene rings is 2. The molecule has 1 amide bonds. The number of carbonyl (C=O) groups is 1. The van der Waals surface area contributed by atoms with Gasteiger partial charge in [-0.25, -0.2) is 0 Å². The smallest absolute Gasteiger partial charge is 0.269 e. The summed E-state index contributed by atoms with van der Waals surface area (Å²) in [4.78, 5) is 12.4. The van der Waals surface area contributed by atoms with E-state index in [9.17, 15) is 10.1 Å². The molecule has 116 valence electrons. The normalized spacial score (nSPS) is 11.1. The highest BCUT2D eigenvalue weighted by molar-refractivity contribution is 8.03. The van der Waals surface area contributed by atoms with Crippen molar-refractivity contribution in [3.8, 4) is 6.07 Å². The molecule has 0 atom stereocenters. The average Bonchev–Trinajstić information content (AvgIpc) is 2.57. The summed E-state index contributed by atoms with van der Waals surface area (Å²) in [6.07, 6.45) is 0. The fraction of sp³-hybridized carbons (Fsp3) is 0.111. The molecule has 0 saturated carbocycles. The molecule has 0 aliphatic rings. The molecular weight excluding hydrogens is 306 g/mol. The Labute approximate surface area is 140 Å². The first-order valence-corrected chi connectivity index (χ1v) is 8.18. The van der Waals surface area contributed by atoms with Crippen molar-refractivity contribution in [1.29, 1.82) is 5.26 Å². The Morgan fingerprint density at radius 3 is 2.00 bits per heavy atom. The van der Waals surface area contributed by atoms with Gasteiger partial charge in [0.15, 0.2) is 0 Å². The van der Waals surface area contributed by atoms with Crippen LogP contribution in [0.3, 0.4) is 0 Å². The molecule has 2 N–H and O–H groups in total. The molecule has 5 heteroatoms. The molecule has 0 unspecified atom stereocenters. The molecule has 0 aliphatic heterocycles. The predicted octanol–water partition coefficient (Wildman–Crippen LogP) is 4.23. The first-order chi connectivity index (χ1) is 11.2. The third-order valence-electron chi connectivity index (χ3n) is 2.92. The van der Waals surface area contributed by atoms with E-state index in [1.54, 1.807) is 12.1 Å². The second-order valence-corrected chi connectivity index (χ2v) is 5.83. The zero-order chi connectivity index (χ0) is 16.5. The van der Waals surface area contributed by atoms with Gasteiger partial charge in [-0.15, -0.1) is 11.8 Å². The van der Waals surface area contributed by atoms with Crippen molar-refractivity contribution in [2.24, 2.45) is 0 Å². The lowest BCUT2D eigenvalue weighted by atomic mass is 10.2. The maximum atomic E-state index is 12.4. The molecule has 23 heavy (non-hydrogen) atoms. The fourth-order valence-electron chi connectivity index (χ4n) is 1.89. The Hall–Kier alpha value is -2.71. The van der Waals surface area contributed by atoms with Gasteiger partial charge in [-0.2, -0.15) is 5.26 Å². The highest BCUT2D eigenvalue weighted by atomic mass is 32.2.